The summed E-state index contributed by atoms with van der Waals surface area (Å²) in [4.78, 5) is 24.8. The van der Waals surface area contributed by atoms with E-state index in [-0.39, 0.29) is 28.9 Å². The molecule has 5 heteroatoms. The summed E-state index contributed by atoms with van der Waals surface area (Å²) in [7, 11) is 0. The number of hydrogen-bond acceptors (Lipinski definition) is 3. The number of nitrogens with one attached hydrogen (secondary N) is 2. The number of rotatable bonds is 8. The van der Waals surface area contributed by atoms with E-state index in [9.17, 15) is 9.59 Å². The highest BCUT2D eigenvalue weighted by Gasteiger charge is 2.34. The number of aryl methyl sites for hydroxylation is 2. The fourth-order valence-electron chi connectivity index (χ4n) is 3.06. The Balaban J connectivity index is 1.49. The largest absolute Gasteiger partial charge is 0.348 e. The summed E-state index contributed by atoms with van der Waals surface area (Å²) in [6.45, 7) is 5.93. The van der Waals surface area contributed by atoms with Gasteiger partial charge in [0.1, 0.15) is 0 Å². The highest BCUT2D eigenvalue weighted by molar-refractivity contribution is 8.01. The third-order valence-electron chi connectivity index (χ3n) is 5.00. The van der Waals surface area contributed by atoms with Crippen LogP contribution in [0.2, 0.25) is 0 Å². The number of benzene rings is 2. The van der Waals surface area contributed by atoms with E-state index in [0.29, 0.717) is 5.92 Å². The summed E-state index contributed by atoms with van der Waals surface area (Å²) >= 11 is 1.36. The summed E-state index contributed by atoms with van der Waals surface area (Å²) in [6, 6.07) is 16.1. The zero-order valence-electron chi connectivity index (χ0n) is 16.7. The molecule has 2 unspecified atom stereocenters. The molecule has 1 aliphatic carbocycles. The van der Waals surface area contributed by atoms with E-state index in [1.165, 1.54) is 17.3 Å². The smallest absolute Gasteiger partial charge is 0.234 e. The molecule has 0 saturated heterocycles. The lowest BCUT2D eigenvalue weighted by Gasteiger charge is -2.21. The van der Waals surface area contributed by atoms with Gasteiger partial charge in [0.25, 0.3) is 0 Å². The normalized spacial score (nSPS) is 15.5. The van der Waals surface area contributed by atoms with Crippen molar-refractivity contribution in [3.63, 3.8) is 0 Å². The Morgan fingerprint density at radius 3 is 2.14 bits per heavy atom. The van der Waals surface area contributed by atoms with E-state index >= 15 is 0 Å². The number of carbonyl (C=O) groups is 2. The molecule has 28 heavy (non-hydrogen) atoms. The molecule has 1 saturated carbocycles. The zero-order chi connectivity index (χ0) is 20.1. The van der Waals surface area contributed by atoms with Crippen molar-refractivity contribution in [3.05, 3.63) is 65.2 Å². The molecule has 2 N–H and O–H groups in total. The molecule has 1 fully saturated rings. The Kier molecular flexibility index (Phi) is 6.79. The van der Waals surface area contributed by atoms with Crippen molar-refractivity contribution in [3.8, 4) is 0 Å². The molecule has 3 rings (SSSR count). The van der Waals surface area contributed by atoms with Crippen LogP contribution in [0.4, 0.5) is 5.69 Å². The second kappa shape index (κ2) is 9.28. The van der Waals surface area contributed by atoms with Gasteiger partial charge in [-0.1, -0.05) is 47.5 Å². The minimum atomic E-state index is -0.282. The van der Waals surface area contributed by atoms with Crippen LogP contribution in [0.5, 0.6) is 0 Å². The lowest BCUT2D eigenvalue weighted by molar-refractivity contribution is -0.121. The van der Waals surface area contributed by atoms with E-state index in [2.05, 4.69) is 41.8 Å². The van der Waals surface area contributed by atoms with Gasteiger partial charge in [0.2, 0.25) is 11.8 Å². The summed E-state index contributed by atoms with van der Waals surface area (Å²) in [5, 5.41) is 5.79. The summed E-state index contributed by atoms with van der Waals surface area (Å²) in [6.07, 6.45) is 2.30. The number of hydrogen-bond donors (Lipinski definition) is 2. The van der Waals surface area contributed by atoms with E-state index < -0.39 is 0 Å². The molecule has 0 radical (unpaired) electrons. The lowest BCUT2D eigenvalue weighted by Crippen LogP contribution is -2.36. The molecular formula is C23H28N2O2S. The molecule has 2 atom stereocenters. The molecule has 0 aliphatic heterocycles. The minimum absolute atomic E-state index is 0.00869. The first-order chi connectivity index (χ1) is 13.4. The number of anilines is 1. The standard InChI is InChI=1S/C23H28N2O2S/c1-15-4-8-18(9-5-15)22(19-10-11-19)25-23(27)17(3)28-14-21(26)24-20-12-6-16(2)7-13-20/h4-9,12-13,17,19,22H,10-11,14H2,1-3H3,(H,24,26)(H,25,27). The number of amides is 2. The van der Waals surface area contributed by atoms with Crippen LogP contribution in [0.25, 0.3) is 0 Å². The van der Waals surface area contributed by atoms with Crippen molar-refractivity contribution in [2.75, 3.05) is 11.1 Å². The second-order valence-electron chi connectivity index (χ2n) is 7.60. The van der Waals surface area contributed by atoms with Crippen LogP contribution in [-0.2, 0) is 9.59 Å². The maximum atomic E-state index is 12.7. The van der Waals surface area contributed by atoms with Crippen LogP contribution in [0, 0.1) is 19.8 Å². The van der Waals surface area contributed by atoms with Crippen LogP contribution < -0.4 is 10.6 Å². The van der Waals surface area contributed by atoms with Crippen molar-refractivity contribution in [2.24, 2.45) is 5.92 Å². The molecule has 0 heterocycles. The predicted octanol–water partition coefficient (Wildman–Crippen LogP) is 4.63. The van der Waals surface area contributed by atoms with Gasteiger partial charge in [-0.25, -0.2) is 0 Å². The third-order valence-corrected chi connectivity index (χ3v) is 6.14. The average Bonchev–Trinajstić information content (AvgIpc) is 3.52. The highest BCUT2D eigenvalue weighted by Crippen LogP contribution is 2.41. The Hall–Kier alpha value is -2.27. The van der Waals surface area contributed by atoms with Gasteiger partial charge in [-0.3, -0.25) is 9.59 Å². The van der Waals surface area contributed by atoms with Crippen molar-refractivity contribution >= 4 is 29.3 Å². The first-order valence-corrected chi connectivity index (χ1v) is 10.8. The van der Waals surface area contributed by atoms with Crippen LogP contribution in [0.15, 0.2) is 48.5 Å². The molecule has 4 nitrogen and oxygen atoms in total. The van der Waals surface area contributed by atoms with Crippen molar-refractivity contribution in [2.45, 2.75) is 44.9 Å². The molecule has 2 aromatic carbocycles. The summed E-state index contributed by atoms with van der Waals surface area (Å²) in [5.74, 6) is 0.672. The maximum absolute atomic E-state index is 12.7. The van der Waals surface area contributed by atoms with Crippen molar-refractivity contribution in [1.29, 1.82) is 0 Å². The molecule has 148 valence electrons. The van der Waals surface area contributed by atoms with Gasteiger partial charge < -0.3 is 10.6 Å². The van der Waals surface area contributed by atoms with Gasteiger partial charge in [0.05, 0.1) is 17.0 Å². The third kappa shape index (κ3) is 5.86. The van der Waals surface area contributed by atoms with Gasteiger partial charge in [0.15, 0.2) is 0 Å². The van der Waals surface area contributed by atoms with Crippen molar-refractivity contribution < 1.29 is 9.59 Å². The zero-order valence-corrected chi connectivity index (χ0v) is 17.5. The highest BCUT2D eigenvalue weighted by atomic mass is 32.2. The Labute approximate surface area is 171 Å². The molecule has 1 aliphatic rings. The van der Waals surface area contributed by atoms with Crippen molar-refractivity contribution in [1.82, 2.24) is 5.32 Å². The molecule has 0 spiro atoms. The van der Waals surface area contributed by atoms with Gasteiger partial charge in [-0.2, -0.15) is 0 Å². The topological polar surface area (TPSA) is 58.2 Å². The predicted molar refractivity (Wildman–Crippen MR) is 117 cm³/mol. The molecule has 0 bridgehead atoms. The quantitative estimate of drug-likeness (QED) is 0.684. The van der Waals surface area contributed by atoms with E-state index in [1.54, 1.807) is 0 Å². The van der Waals surface area contributed by atoms with Crippen LogP contribution >= 0.6 is 11.8 Å². The lowest BCUT2D eigenvalue weighted by atomic mass is 10.0. The summed E-state index contributed by atoms with van der Waals surface area (Å²) < 4.78 is 0. The SMILES string of the molecule is Cc1ccc(NC(=O)CSC(C)C(=O)NC(c2ccc(C)cc2)C2CC2)cc1. The Bertz CT molecular complexity index is 814. The maximum Gasteiger partial charge on any atom is 0.234 e. The summed E-state index contributed by atoms with van der Waals surface area (Å²) in [5.41, 5.74) is 4.31. The van der Waals surface area contributed by atoms with Gasteiger partial charge in [-0.15, -0.1) is 11.8 Å². The fraction of sp³-hybridized carbons (Fsp3) is 0.391. The van der Waals surface area contributed by atoms with Gasteiger partial charge in [-0.05, 0) is 57.2 Å². The van der Waals surface area contributed by atoms with Gasteiger partial charge >= 0.3 is 0 Å². The van der Waals surface area contributed by atoms with Gasteiger partial charge in [0, 0.05) is 5.69 Å². The fourth-order valence-corrected chi connectivity index (χ4v) is 3.75. The Morgan fingerprint density at radius 1 is 1.00 bits per heavy atom. The monoisotopic (exact) mass is 396 g/mol. The average molecular weight is 397 g/mol. The van der Waals surface area contributed by atoms with Crippen LogP contribution in [0.1, 0.15) is 42.5 Å². The van der Waals surface area contributed by atoms with E-state index in [1.807, 2.05) is 38.1 Å². The number of carbonyl (C=O) groups excluding carboxylic acids is 2. The minimum Gasteiger partial charge on any atom is -0.348 e. The Morgan fingerprint density at radius 2 is 1.57 bits per heavy atom. The van der Waals surface area contributed by atoms with Crippen LogP contribution in [0.3, 0.4) is 0 Å². The molecule has 2 amide bonds. The first-order valence-electron chi connectivity index (χ1n) is 9.77. The first kappa shape index (κ1) is 20.5. The van der Waals surface area contributed by atoms with E-state index in [4.69, 9.17) is 0 Å². The van der Waals surface area contributed by atoms with E-state index in [0.717, 1.165) is 29.7 Å². The number of thioether (sulfide) groups is 1. The molecule has 0 aromatic heterocycles. The molecular weight excluding hydrogens is 368 g/mol. The molecule has 2 aromatic rings. The second-order valence-corrected chi connectivity index (χ2v) is 8.93. The van der Waals surface area contributed by atoms with Crippen LogP contribution in [-0.4, -0.2) is 22.8 Å².